The Hall–Kier alpha value is -3.75. The van der Waals surface area contributed by atoms with Crippen molar-refractivity contribution in [3.05, 3.63) is 72.8 Å². The van der Waals surface area contributed by atoms with Crippen molar-refractivity contribution in [3.8, 4) is 39.9 Å². The number of hydrogen-bond donors (Lipinski definition) is 2. The van der Waals surface area contributed by atoms with Crippen LogP contribution < -0.4 is 9.47 Å². The molecule has 5 rings (SSSR count). The molecular formula is C30H31NO6S. The van der Waals surface area contributed by atoms with E-state index in [2.05, 4.69) is 4.90 Å². The van der Waals surface area contributed by atoms with Crippen LogP contribution in [-0.2, 0) is 9.84 Å². The molecule has 8 heteroatoms. The van der Waals surface area contributed by atoms with Crippen molar-refractivity contribution in [1.29, 1.82) is 0 Å². The van der Waals surface area contributed by atoms with E-state index < -0.39 is 9.84 Å². The lowest BCUT2D eigenvalue weighted by Crippen LogP contribution is -2.33. The number of ether oxygens (including phenoxy) is 2. The van der Waals surface area contributed by atoms with Crippen LogP contribution in [0.15, 0.2) is 77.7 Å². The lowest BCUT2D eigenvalue weighted by atomic mass is 9.99. The maximum atomic E-state index is 12.0. The summed E-state index contributed by atoms with van der Waals surface area (Å²) in [4.78, 5) is 2.30. The molecule has 0 aliphatic carbocycles. The second-order valence-corrected chi connectivity index (χ2v) is 11.6. The second kappa shape index (κ2) is 10.9. The van der Waals surface area contributed by atoms with Crippen LogP contribution in [0.25, 0.3) is 21.9 Å². The van der Waals surface area contributed by atoms with Crippen molar-refractivity contribution in [2.24, 2.45) is 0 Å². The highest BCUT2D eigenvalue weighted by Gasteiger charge is 2.18. The standard InChI is InChI=1S/C30H31NO6S/c1-38(34,35)29-14-6-22(20-28(29)33)26-12-5-21-19-23(32)7-13-27(21)30(26)37-25-10-8-24(9-11-25)36-18-17-31-15-3-2-4-16-31/h5-14,19-20,32-33H,2-4,15-18H2,1H3. The Bertz CT molecular complexity index is 1540. The van der Waals surface area contributed by atoms with Gasteiger partial charge in [-0.25, -0.2) is 8.42 Å². The lowest BCUT2D eigenvalue weighted by molar-refractivity contribution is 0.183. The van der Waals surface area contributed by atoms with Crippen molar-refractivity contribution in [2.45, 2.75) is 24.2 Å². The molecule has 4 aromatic rings. The number of sulfone groups is 1. The molecule has 198 valence electrons. The number of likely N-dealkylation sites (tertiary alicyclic amines) is 1. The zero-order valence-electron chi connectivity index (χ0n) is 21.3. The molecule has 0 amide bonds. The number of nitrogens with zero attached hydrogens (tertiary/aromatic N) is 1. The van der Waals surface area contributed by atoms with Gasteiger partial charge in [-0.1, -0.05) is 18.6 Å². The minimum absolute atomic E-state index is 0.134. The Labute approximate surface area is 222 Å². The minimum atomic E-state index is -3.57. The van der Waals surface area contributed by atoms with Crippen LogP contribution in [0.4, 0.5) is 0 Å². The predicted octanol–water partition coefficient (Wildman–Crippen LogP) is 5.98. The predicted molar refractivity (Wildman–Crippen MR) is 148 cm³/mol. The van der Waals surface area contributed by atoms with Crippen LogP contribution >= 0.6 is 0 Å². The quantitative estimate of drug-likeness (QED) is 0.288. The summed E-state index contributed by atoms with van der Waals surface area (Å²) in [7, 11) is -3.57. The molecule has 4 aromatic carbocycles. The molecule has 7 nitrogen and oxygen atoms in total. The molecule has 1 aliphatic heterocycles. The average Bonchev–Trinajstić information content (AvgIpc) is 2.89. The molecule has 0 saturated carbocycles. The molecular weight excluding hydrogens is 502 g/mol. The third-order valence-electron chi connectivity index (χ3n) is 6.79. The van der Waals surface area contributed by atoms with Gasteiger partial charge in [-0.2, -0.15) is 0 Å². The number of hydrogen-bond acceptors (Lipinski definition) is 7. The second-order valence-electron chi connectivity index (χ2n) is 9.63. The molecule has 1 aliphatic rings. The van der Waals surface area contributed by atoms with E-state index in [0.29, 0.717) is 29.2 Å². The molecule has 1 saturated heterocycles. The number of aromatic hydroxyl groups is 2. The summed E-state index contributed by atoms with van der Waals surface area (Å²) in [6.45, 7) is 3.81. The van der Waals surface area contributed by atoms with E-state index in [9.17, 15) is 18.6 Å². The van der Waals surface area contributed by atoms with Gasteiger partial charge in [0.15, 0.2) is 9.84 Å². The molecule has 0 spiro atoms. The average molecular weight is 534 g/mol. The number of rotatable bonds is 8. The largest absolute Gasteiger partial charge is 0.508 e. The minimum Gasteiger partial charge on any atom is -0.508 e. The van der Waals surface area contributed by atoms with E-state index in [1.165, 1.54) is 31.4 Å². The topological polar surface area (TPSA) is 96.3 Å². The van der Waals surface area contributed by atoms with Crippen molar-refractivity contribution in [3.63, 3.8) is 0 Å². The zero-order chi connectivity index (χ0) is 26.7. The first-order valence-corrected chi connectivity index (χ1v) is 14.6. The Morgan fingerprint density at radius 1 is 0.842 bits per heavy atom. The third-order valence-corrected chi connectivity index (χ3v) is 7.94. The van der Waals surface area contributed by atoms with Crippen LogP contribution in [0, 0.1) is 0 Å². The van der Waals surface area contributed by atoms with Gasteiger partial charge in [-0.3, -0.25) is 4.90 Å². The van der Waals surface area contributed by atoms with Gasteiger partial charge in [0.2, 0.25) is 0 Å². The number of phenols is 2. The highest BCUT2D eigenvalue weighted by atomic mass is 32.2. The highest BCUT2D eigenvalue weighted by molar-refractivity contribution is 7.90. The van der Waals surface area contributed by atoms with Crippen molar-refractivity contribution in [2.75, 3.05) is 32.5 Å². The summed E-state index contributed by atoms with van der Waals surface area (Å²) in [5.74, 6) is 1.68. The Kier molecular flexibility index (Phi) is 7.44. The number of fused-ring (bicyclic) bond motifs is 1. The summed E-state index contributed by atoms with van der Waals surface area (Å²) in [6.07, 6.45) is 4.87. The smallest absolute Gasteiger partial charge is 0.179 e. The van der Waals surface area contributed by atoms with E-state index in [0.717, 1.165) is 42.4 Å². The van der Waals surface area contributed by atoms with E-state index >= 15 is 0 Å². The Morgan fingerprint density at radius 3 is 2.29 bits per heavy atom. The van der Waals surface area contributed by atoms with Crippen molar-refractivity contribution >= 4 is 20.6 Å². The van der Waals surface area contributed by atoms with Gasteiger partial charge in [0.1, 0.15) is 40.2 Å². The number of piperidine rings is 1. The number of phenolic OH excluding ortho intramolecular Hbond substituents is 2. The SMILES string of the molecule is CS(=O)(=O)c1ccc(-c2ccc3cc(O)ccc3c2Oc2ccc(OCCN3CCCCC3)cc2)cc1O. The van der Waals surface area contributed by atoms with Gasteiger partial charge < -0.3 is 19.7 Å². The van der Waals surface area contributed by atoms with Gasteiger partial charge in [0.25, 0.3) is 0 Å². The van der Waals surface area contributed by atoms with Crippen LogP contribution in [0.5, 0.6) is 28.7 Å². The van der Waals surface area contributed by atoms with Crippen molar-refractivity contribution in [1.82, 2.24) is 4.90 Å². The molecule has 0 unspecified atom stereocenters. The van der Waals surface area contributed by atoms with Crippen LogP contribution in [0.2, 0.25) is 0 Å². The summed E-state index contributed by atoms with van der Waals surface area (Å²) >= 11 is 0. The van der Waals surface area contributed by atoms with Gasteiger partial charge >= 0.3 is 0 Å². The molecule has 2 N–H and O–H groups in total. The monoisotopic (exact) mass is 533 g/mol. The fraction of sp³-hybridized carbons (Fsp3) is 0.267. The maximum absolute atomic E-state index is 12.0. The maximum Gasteiger partial charge on any atom is 0.179 e. The summed E-state index contributed by atoms with van der Waals surface area (Å²) < 4.78 is 36.2. The third kappa shape index (κ3) is 5.87. The molecule has 1 heterocycles. The first kappa shape index (κ1) is 25.9. The zero-order valence-corrected chi connectivity index (χ0v) is 22.1. The highest BCUT2D eigenvalue weighted by Crippen LogP contribution is 2.42. The molecule has 0 radical (unpaired) electrons. The van der Waals surface area contributed by atoms with E-state index in [1.54, 1.807) is 24.3 Å². The van der Waals surface area contributed by atoms with Crippen LogP contribution in [0.1, 0.15) is 19.3 Å². The van der Waals surface area contributed by atoms with Crippen molar-refractivity contribution < 1.29 is 28.1 Å². The summed E-state index contributed by atoms with van der Waals surface area (Å²) in [5, 5.41) is 21.9. The van der Waals surface area contributed by atoms with Gasteiger partial charge in [-0.15, -0.1) is 0 Å². The molecule has 1 fully saturated rings. The first-order chi connectivity index (χ1) is 18.3. The van der Waals surface area contributed by atoms with E-state index in [1.807, 2.05) is 36.4 Å². The first-order valence-electron chi connectivity index (χ1n) is 12.7. The summed E-state index contributed by atoms with van der Waals surface area (Å²) in [5.41, 5.74) is 1.26. The summed E-state index contributed by atoms with van der Waals surface area (Å²) in [6, 6.07) is 20.5. The lowest BCUT2D eigenvalue weighted by Gasteiger charge is -2.26. The fourth-order valence-corrected chi connectivity index (χ4v) is 5.58. The molecule has 0 atom stereocenters. The van der Waals surface area contributed by atoms with Gasteiger partial charge in [0.05, 0.1) is 0 Å². The fourth-order valence-electron chi connectivity index (χ4n) is 4.82. The Morgan fingerprint density at radius 2 is 1.58 bits per heavy atom. The van der Waals surface area contributed by atoms with E-state index in [4.69, 9.17) is 9.47 Å². The molecule has 0 bridgehead atoms. The Balaban J connectivity index is 1.42. The van der Waals surface area contributed by atoms with Gasteiger partial charge in [-0.05, 0) is 97.5 Å². The van der Waals surface area contributed by atoms with E-state index in [-0.39, 0.29) is 16.4 Å². The molecule has 0 aromatic heterocycles. The normalized spacial score (nSPS) is 14.4. The van der Waals surface area contributed by atoms with Gasteiger partial charge in [0, 0.05) is 23.8 Å². The number of benzene rings is 4. The van der Waals surface area contributed by atoms with Crippen LogP contribution in [-0.4, -0.2) is 56.0 Å². The molecule has 38 heavy (non-hydrogen) atoms. The van der Waals surface area contributed by atoms with Crippen LogP contribution in [0.3, 0.4) is 0 Å².